The zero-order chi connectivity index (χ0) is 17.8. The van der Waals surface area contributed by atoms with Crippen LogP contribution in [0.5, 0.6) is 0 Å². The van der Waals surface area contributed by atoms with E-state index in [-0.39, 0.29) is 0 Å². The third kappa shape index (κ3) is 3.47. The highest BCUT2D eigenvalue weighted by molar-refractivity contribution is 5.82. The number of aryl methyl sites for hydroxylation is 1. The summed E-state index contributed by atoms with van der Waals surface area (Å²) in [5.74, 6) is 0.802. The van der Waals surface area contributed by atoms with E-state index in [0.717, 1.165) is 28.3 Å². The van der Waals surface area contributed by atoms with Crippen LogP contribution in [0.1, 0.15) is 11.1 Å². The fourth-order valence-corrected chi connectivity index (χ4v) is 2.77. The molecule has 0 N–H and O–H groups in total. The van der Waals surface area contributed by atoms with Crippen LogP contribution in [0.3, 0.4) is 0 Å². The highest BCUT2D eigenvalue weighted by Crippen LogP contribution is 2.26. The molecule has 26 heavy (non-hydrogen) atoms. The topological polar surface area (TPSA) is 30.2 Å². The number of para-hydroxylation sites is 1. The van der Waals surface area contributed by atoms with E-state index in [1.807, 2.05) is 65.5 Å². The minimum absolute atomic E-state index is 0.802. The van der Waals surface area contributed by atoms with Gasteiger partial charge in [0.15, 0.2) is 5.82 Å². The highest BCUT2D eigenvalue weighted by atomic mass is 15.3. The first-order valence-electron chi connectivity index (χ1n) is 8.61. The zero-order valence-electron chi connectivity index (χ0n) is 14.6. The lowest BCUT2D eigenvalue weighted by molar-refractivity contribution is 0.885. The van der Waals surface area contributed by atoms with Gasteiger partial charge in [0, 0.05) is 17.8 Å². The Morgan fingerprint density at radius 1 is 0.808 bits per heavy atom. The second-order valence-corrected chi connectivity index (χ2v) is 6.17. The molecule has 0 amide bonds. The highest BCUT2D eigenvalue weighted by Gasteiger charge is 2.10. The van der Waals surface area contributed by atoms with Gasteiger partial charge in [0.25, 0.3) is 0 Å². The Morgan fingerprint density at radius 3 is 2.15 bits per heavy atom. The van der Waals surface area contributed by atoms with Gasteiger partial charge >= 0.3 is 0 Å². The van der Waals surface area contributed by atoms with E-state index in [0.29, 0.717) is 0 Å². The average molecular weight is 337 g/mol. The second-order valence-electron chi connectivity index (χ2n) is 6.17. The standard InChI is InChI=1S/C23H19N3/c1-18-12-14-19(15-13-18)17-24-23-16-22(20-8-4-2-5-9-20)25-26(23)21-10-6-3-7-11-21/h2-17H,1H3. The van der Waals surface area contributed by atoms with Crippen molar-refractivity contribution in [2.24, 2.45) is 4.99 Å². The molecular weight excluding hydrogens is 318 g/mol. The molecule has 4 rings (SSSR count). The Labute approximate surface area is 153 Å². The van der Waals surface area contributed by atoms with E-state index in [1.54, 1.807) is 0 Å². The second kappa shape index (κ2) is 7.19. The first-order chi connectivity index (χ1) is 12.8. The van der Waals surface area contributed by atoms with Crippen molar-refractivity contribution in [3.63, 3.8) is 0 Å². The molecule has 3 nitrogen and oxygen atoms in total. The van der Waals surface area contributed by atoms with Crippen molar-refractivity contribution < 1.29 is 0 Å². The lowest BCUT2D eigenvalue weighted by Crippen LogP contribution is -1.96. The lowest BCUT2D eigenvalue weighted by Gasteiger charge is -2.03. The third-order valence-electron chi connectivity index (χ3n) is 4.18. The summed E-state index contributed by atoms with van der Waals surface area (Å²) in [6, 6.07) is 30.6. The van der Waals surface area contributed by atoms with Crippen LogP contribution in [0, 0.1) is 6.92 Å². The molecule has 0 radical (unpaired) electrons. The van der Waals surface area contributed by atoms with Gasteiger partial charge in [-0.2, -0.15) is 5.10 Å². The number of aliphatic imine (C=N–C) groups is 1. The van der Waals surface area contributed by atoms with Gasteiger partial charge in [-0.15, -0.1) is 0 Å². The first-order valence-corrected chi connectivity index (χ1v) is 8.61. The SMILES string of the molecule is Cc1ccc(C=Nc2cc(-c3ccccc3)nn2-c2ccccc2)cc1. The number of aromatic nitrogens is 2. The molecule has 0 aliphatic carbocycles. The summed E-state index contributed by atoms with van der Waals surface area (Å²) < 4.78 is 1.88. The lowest BCUT2D eigenvalue weighted by atomic mass is 10.1. The molecule has 0 saturated heterocycles. The van der Waals surface area contributed by atoms with Gasteiger partial charge in [-0.25, -0.2) is 9.67 Å². The van der Waals surface area contributed by atoms with Crippen molar-refractivity contribution in [3.05, 3.63) is 102 Å². The molecular formula is C23H19N3. The summed E-state index contributed by atoms with van der Waals surface area (Å²) in [5.41, 5.74) is 5.28. The predicted molar refractivity (Wildman–Crippen MR) is 107 cm³/mol. The Morgan fingerprint density at radius 2 is 1.46 bits per heavy atom. The van der Waals surface area contributed by atoms with Gasteiger partial charge in [0.2, 0.25) is 0 Å². The molecule has 0 saturated carbocycles. The van der Waals surface area contributed by atoms with Gasteiger partial charge in [0.05, 0.1) is 11.4 Å². The molecule has 0 aliphatic rings. The maximum atomic E-state index is 4.78. The van der Waals surface area contributed by atoms with Crippen LogP contribution in [-0.4, -0.2) is 16.0 Å². The summed E-state index contributed by atoms with van der Waals surface area (Å²) in [6.45, 7) is 2.08. The molecule has 0 spiro atoms. The molecule has 0 fully saturated rings. The summed E-state index contributed by atoms with van der Waals surface area (Å²) in [6.07, 6.45) is 1.88. The molecule has 3 heteroatoms. The van der Waals surface area contributed by atoms with Crippen molar-refractivity contribution in [1.82, 2.24) is 9.78 Å². The van der Waals surface area contributed by atoms with Crippen LogP contribution in [0.4, 0.5) is 5.82 Å². The van der Waals surface area contributed by atoms with Crippen LogP contribution < -0.4 is 0 Å². The number of hydrogen-bond donors (Lipinski definition) is 0. The van der Waals surface area contributed by atoms with Crippen LogP contribution >= 0.6 is 0 Å². The predicted octanol–water partition coefficient (Wildman–Crippen LogP) is 5.60. The molecule has 3 aromatic carbocycles. The summed E-state index contributed by atoms with van der Waals surface area (Å²) in [7, 11) is 0. The maximum absolute atomic E-state index is 4.78. The molecule has 0 bridgehead atoms. The van der Waals surface area contributed by atoms with Crippen molar-refractivity contribution in [2.75, 3.05) is 0 Å². The van der Waals surface area contributed by atoms with Crippen LogP contribution in [0.15, 0.2) is 96.0 Å². The molecule has 126 valence electrons. The first kappa shape index (κ1) is 16.0. The molecule has 1 aromatic heterocycles. The van der Waals surface area contributed by atoms with E-state index < -0.39 is 0 Å². The van der Waals surface area contributed by atoms with Crippen LogP contribution in [0.2, 0.25) is 0 Å². The van der Waals surface area contributed by atoms with E-state index in [9.17, 15) is 0 Å². The van der Waals surface area contributed by atoms with E-state index in [4.69, 9.17) is 10.1 Å². The van der Waals surface area contributed by atoms with E-state index in [1.165, 1.54) is 5.56 Å². The van der Waals surface area contributed by atoms with Gasteiger partial charge in [0.1, 0.15) is 0 Å². The van der Waals surface area contributed by atoms with Gasteiger partial charge < -0.3 is 0 Å². The molecule has 0 unspecified atom stereocenters. The average Bonchev–Trinajstić information content (AvgIpc) is 3.13. The number of rotatable bonds is 4. The molecule has 0 atom stereocenters. The number of nitrogens with zero attached hydrogens (tertiary/aromatic N) is 3. The van der Waals surface area contributed by atoms with Gasteiger partial charge in [-0.1, -0.05) is 78.4 Å². The molecule has 1 heterocycles. The number of hydrogen-bond acceptors (Lipinski definition) is 2. The Hall–Kier alpha value is -3.46. The quantitative estimate of drug-likeness (QED) is 0.446. The van der Waals surface area contributed by atoms with Gasteiger partial charge in [-0.05, 0) is 24.6 Å². The summed E-state index contributed by atoms with van der Waals surface area (Å²) in [5, 5.41) is 4.78. The van der Waals surface area contributed by atoms with Crippen LogP contribution in [0.25, 0.3) is 16.9 Å². The summed E-state index contributed by atoms with van der Waals surface area (Å²) >= 11 is 0. The number of benzene rings is 3. The summed E-state index contributed by atoms with van der Waals surface area (Å²) in [4.78, 5) is 4.70. The zero-order valence-corrected chi connectivity index (χ0v) is 14.6. The van der Waals surface area contributed by atoms with E-state index >= 15 is 0 Å². The Kier molecular flexibility index (Phi) is 4.44. The minimum Gasteiger partial charge on any atom is -0.236 e. The fraction of sp³-hybridized carbons (Fsp3) is 0.0435. The fourth-order valence-electron chi connectivity index (χ4n) is 2.77. The maximum Gasteiger partial charge on any atom is 0.156 e. The third-order valence-corrected chi connectivity index (χ3v) is 4.18. The largest absolute Gasteiger partial charge is 0.236 e. The van der Waals surface area contributed by atoms with Crippen LogP contribution in [-0.2, 0) is 0 Å². The monoisotopic (exact) mass is 337 g/mol. The smallest absolute Gasteiger partial charge is 0.156 e. The van der Waals surface area contributed by atoms with Crippen molar-refractivity contribution in [1.29, 1.82) is 0 Å². The van der Waals surface area contributed by atoms with Crippen molar-refractivity contribution in [2.45, 2.75) is 6.92 Å². The van der Waals surface area contributed by atoms with Crippen molar-refractivity contribution in [3.8, 4) is 16.9 Å². The Balaban J connectivity index is 1.76. The molecule has 4 aromatic rings. The normalized spacial score (nSPS) is 11.1. The Bertz CT molecular complexity index is 1010. The van der Waals surface area contributed by atoms with E-state index in [2.05, 4.69) is 43.3 Å². The minimum atomic E-state index is 0.802. The molecule has 0 aliphatic heterocycles. The van der Waals surface area contributed by atoms with Gasteiger partial charge in [-0.3, -0.25) is 0 Å². The van der Waals surface area contributed by atoms with Crippen molar-refractivity contribution >= 4 is 12.0 Å².